The summed E-state index contributed by atoms with van der Waals surface area (Å²) in [5.74, 6) is 0. The fourth-order valence-corrected chi connectivity index (χ4v) is 13.5. The summed E-state index contributed by atoms with van der Waals surface area (Å²) in [6.07, 6.45) is 2.20. The van der Waals surface area contributed by atoms with E-state index in [2.05, 4.69) is 76.2 Å². The monoisotopic (exact) mass is 410 g/mol. The van der Waals surface area contributed by atoms with Gasteiger partial charge in [0.1, 0.15) is 0 Å². The molecule has 4 heteroatoms. The van der Waals surface area contributed by atoms with Gasteiger partial charge in [-0.3, -0.25) is 0 Å². The predicted molar refractivity (Wildman–Crippen MR) is 92.6 cm³/mol. The van der Waals surface area contributed by atoms with Crippen LogP contribution >= 0.6 is 0 Å². The molecule has 0 spiro atoms. The van der Waals surface area contributed by atoms with Gasteiger partial charge in [0.05, 0.1) is 0 Å². The van der Waals surface area contributed by atoms with Gasteiger partial charge < -0.3 is 0 Å². The van der Waals surface area contributed by atoms with Crippen LogP contribution in [-0.2, 0) is 9.22 Å². The second-order valence-electron chi connectivity index (χ2n) is 8.94. The van der Waals surface area contributed by atoms with Gasteiger partial charge in [-0.1, -0.05) is 0 Å². The third-order valence-corrected chi connectivity index (χ3v) is 14.6. The minimum absolute atomic E-state index is 0.255. The van der Waals surface area contributed by atoms with Gasteiger partial charge in [0.15, 0.2) is 0 Å². The SMILES string of the molecule is CCC[CH](C)[Sn]([O]C(C)(C)C)([O]C(C)(C)C)[O]C(C)(C)C. The summed E-state index contributed by atoms with van der Waals surface area (Å²) >= 11 is -3.74. The van der Waals surface area contributed by atoms with Crippen molar-refractivity contribution in [3.05, 3.63) is 0 Å². The van der Waals surface area contributed by atoms with Crippen molar-refractivity contribution in [2.75, 3.05) is 0 Å². The number of hydrogen-bond donors (Lipinski definition) is 0. The van der Waals surface area contributed by atoms with Gasteiger partial charge >= 0.3 is 139 Å². The summed E-state index contributed by atoms with van der Waals surface area (Å²) in [6.45, 7) is 23.3. The normalized spacial score (nSPS) is 16.1. The average Bonchev–Trinajstić information content (AvgIpc) is 2.08. The van der Waals surface area contributed by atoms with Gasteiger partial charge in [-0.05, 0) is 0 Å². The fraction of sp³-hybridized carbons (Fsp3) is 1.00. The quantitative estimate of drug-likeness (QED) is 0.538. The molecule has 0 aliphatic carbocycles. The van der Waals surface area contributed by atoms with Crippen LogP contribution in [0.4, 0.5) is 0 Å². The second kappa shape index (κ2) is 7.50. The molecule has 0 aromatic rings. The van der Waals surface area contributed by atoms with E-state index < -0.39 is 19.6 Å². The molecule has 0 aromatic carbocycles. The molecule has 0 fully saturated rings. The molecule has 0 aliphatic heterocycles. The van der Waals surface area contributed by atoms with Crippen LogP contribution in [-0.4, -0.2) is 36.4 Å². The van der Waals surface area contributed by atoms with Crippen LogP contribution in [0.15, 0.2) is 0 Å². The first kappa shape index (κ1) is 21.7. The molecule has 21 heavy (non-hydrogen) atoms. The molecule has 128 valence electrons. The average molecular weight is 409 g/mol. The Morgan fingerprint density at radius 2 is 1.00 bits per heavy atom. The molecule has 0 saturated heterocycles. The summed E-state index contributed by atoms with van der Waals surface area (Å²) < 4.78 is 20.0. The topological polar surface area (TPSA) is 27.7 Å². The van der Waals surface area contributed by atoms with Crippen molar-refractivity contribution in [3.8, 4) is 0 Å². The Kier molecular flexibility index (Phi) is 7.74. The molecule has 0 aliphatic rings. The maximum atomic E-state index is 6.56. The second-order valence-corrected chi connectivity index (χ2v) is 16.9. The molecule has 0 amide bonds. The molecule has 3 nitrogen and oxygen atoms in total. The Labute approximate surface area is 138 Å². The van der Waals surface area contributed by atoms with E-state index in [0.29, 0.717) is 3.93 Å². The Balaban J connectivity index is 5.69. The van der Waals surface area contributed by atoms with Gasteiger partial charge in [0.25, 0.3) is 0 Å². The molecule has 0 bridgehead atoms. The van der Waals surface area contributed by atoms with Crippen molar-refractivity contribution in [1.82, 2.24) is 0 Å². The van der Waals surface area contributed by atoms with Crippen molar-refractivity contribution in [3.63, 3.8) is 0 Å². The number of rotatable bonds is 6. The Bertz CT molecular complexity index is 267. The molecule has 0 aromatic heterocycles. The molecule has 0 N–H and O–H groups in total. The molecule has 0 saturated carbocycles. The third kappa shape index (κ3) is 9.42. The van der Waals surface area contributed by atoms with Crippen molar-refractivity contribution in [2.45, 2.75) is 110 Å². The summed E-state index contributed by atoms with van der Waals surface area (Å²) in [7, 11) is 0. The minimum atomic E-state index is -3.74. The van der Waals surface area contributed by atoms with E-state index in [1.165, 1.54) is 0 Å². The fourth-order valence-electron chi connectivity index (χ4n) is 2.25. The molecule has 0 radical (unpaired) electrons. The standard InChI is InChI=1S/C5H11.3C4H9O.Sn/c1-3-5-4-2;3*1-4(2,3)5;/h3H,4-5H2,1-2H3;3*1-3H3;/q;3*-1;+3. The van der Waals surface area contributed by atoms with E-state index in [1.807, 2.05) is 0 Å². The van der Waals surface area contributed by atoms with E-state index in [-0.39, 0.29) is 16.8 Å². The van der Waals surface area contributed by atoms with Gasteiger partial charge in [-0.2, -0.15) is 0 Å². The van der Waals surface area contributed by atoms with Gasteiger partial charge in [0, 0.05) is 0 Å². The number of hydrogen-bond acceptors (Lipinski definition) is 3. The van der Waals surface area contributed by atoms with Crippen LogP contribution in [0.5, 0.6) is 0 Å². The summed E-state index contributed by atoms with van der Waals surface area (Å²) in [5.41, 5.74) is -0.766. The van der Waals surface area contributed by atoms with Crippen molar-refractivity contribution >= 4 is 19.6 Å². The molecular formula is C17H38O3Sn. The molecular weight excluding hydrogens is 371 g/mol. The first-order chi connectivity index (χ1) is 9.10. The first-order valence-electron chi connectivity index (χ1n) is 8.21. The van der Waals surface area contributed by atoms with Gasteiger partial charge in [0.2, 0.25) is 0 Å². The Morgan fingerprint density at radius 3 is 1.19 bits per heavy atom. The van der Waals surface area contributed by atoms with Crippen LogP contribution < -0.4 is 0 Å². The molecule has 0 heterocycles. The van der Waals surface area contributed by atoms with Crippen LogP contribution in [0, 0.1) is 0 Å². The summed E-state index contributed by atoms with van der Waals surface area (Å²) in [5, 5.41) is 0. The third-order valence-electron chi connectivity index (χ3n) is 2.67. The van der Waals surface area contributed by atoms with Gasteiger partial charge in [-0.25, -0.2) is 0 Å². The van der Waals surface area contributed by atoms with Crippen LogP contribution in [0.1, 0.15) is 89.0 Å². The van der Waals surface area contributed by atoms with Crippen LogP contribution in [0.2, 0.25) is 3.93 Å². The van der Waals surface area contributed by atoms with E-state index in [0.717, 1.165) is 12.8 Å². The zero-order valence-corrected chi connectivity index (χ0v) is 19.1. The van der Waals surface area contributed by atoms with Crippen molar-refractivity contribution in [2.24, 2.45) is 0 Å². The maximum absolute atomic E-state index is 6.56. The Morgan fingerprint density at radius 1 is 0.714 bits per heavy atom. The van der Waals surface area contributed by atoms with Crippen LogP contribution in [0.25, 0.3) is 0 Å². The van der Waals surface area contributed by atoms with Gasteiger partial charge in [-0.15, -0.1) is 0 Å². The molecule has 0 rings (SSSR count). The zero-order chi connectivity index (χ0) is 17.1. The van der Waals surface area contributed by atoms with E-state index >= 15 is 0 Å². The van der Waals surface area contributed by atoms with Crippen molar-refractivity contribution in [1.29, 1.82) is 0 Å². The first-order valence-corrected chi connectivity index (χ1v) is 13.3. The molecule has 1 unspecified atom stereocenters. The Hall–Kier alpha value is 0.679. The summed E-state index contributed by atoms with van der Waals surface area (Å²) in [4.78, 5) is 0. The predicted octanol–water partition coefficient (Wildman–Crippen LogP) is 5.56. The summed E-state index contributed by atoms with van der Waals surface area (Å²) in [6, 6.07) is 0. The molecule has 1 atom stereocenters. The van der Waals surface area contributed by atoms with E-state index in [4.69, 9.17) is 9.22 Å². The van der Waals surface area contributed by atoms with Crippen LogP contribution in [0.3, 0.4) is 0 Å². The van der Waals surface area contributed by atoms with E-state index in [9.17, 15) is 0 Å². The van der Waals surface area contributed by atoms with Crippen molar-refractivity contribution < 1.29 is 9.22 Å². The van der Waals surface area contributed by atoms with E-state index in [1.54, 1.807) is 0 Å². The zero-order valence-electron chi connectivity index (χ0n) is 16.2.